The number of alkyl carbamates (subject to hydrolysis) is 4. The molecule has 60 heavy (non-hydrogen) atoms. The van der Waals surface area contributed by atoms with E-state index < -0.39 is 36.3 Å². The van der Waals surface area contributed by atoms with Crippen LogP contribution in [0.4, 0.5) is 19.2 Å². The molecule has 16 nitrogen and oxygen atoms in total. The number of esters is 2. The molecule has 0 spiro atoms. The molecule has 0 radical (unpaired) electrons. The largest absolute Gasteiger partial charge is 0.459 e. The molecule has 4 N–H and O–H groups in total. The van der Waals surface area contributed by atoms with Crippen molar-refractivity contribution in [2.45, 2.75) is 132 Å². The Morgan fingerprint density at radius 1 is 0.500 bits per heavy atom. The first kappa shape index (κ1) is 49.9. The van der Waals surface area contributed by atoms with Crippen LogP contribution in [0.5, 0.6) is 0 Å². The van der Waals surface area contributed by atoms with Gasteiger partial charge in [0.25, 0.3) is 0 Å². The normalized spacial score (nSPS) is 26.8. The van der Waals surface area contributed by atoms with Gasteiger partial charge in [-0.3, -0.25) is 0 Å². The van der Waals surface area contributed by atoms with Crippen molar-refractivity contribution in [2.75, 3.05) is 52.7 Å². The molecule has 0 aromatic rings. The van der Waals surface area contributed by atoms with Gasteiger partial charge in [-0.1, -0.05) is 54.7 Å². The zero-order valence-corrected chi connectivity index (χ0v) is 37.4. The maximum absolute atomic E-state index is 12.8. The lowest BCUT2D eigenvalue weighted by atomic mass is 9.62. The standard InChI is InChI=1S/C44H72N4O12/c1-29(2)35(49)55-15-17-57-39(53)47-33-19-41(5,6)25-43(9,21-33)27-45-37(51)59-23-31-11-13-32(14-12-31)24-60-38(52)46-28-44(10)22-34(20-42(7,8)26-44)48-40(54)58-18-16-56-36(50)30(3)4/h31-34H,1,3,11-28H2,2,4-10H3,(H,45,51)(H,46,52)(H,47,53)(H,48,54). The Morgan fingerprint density at radius 2 is 0.833 bits per heavy atom. The van der Waals surface area contributed by atoms with Crippen molar-refractivity contribution >= 4 is 36.3 Å². The minimum atomic E-state index is -0.581. The van der Waals surface area contributed by atoms with Crippen molar-refractivity contribution in [3.05, 3.63) is 24.3 Å². The summed E-state index contributed by atoms with van der Waals surface area (Å²) in [6.07, 6.45) is 5.84. The highest BCUT2D eigenvalue weighted by Gasteiger charge is 2.43. The Balaban J connectivity index is 1.31. The van der Waals surface area contributed by atoms with Gasteiger partial charge in [-0.25, -0.2) is 28.8 Å². The Kier molecular flexibility index (Phi) is 18.6. The number of ether oxygens (including phenoxy) is 6. The summed E-state index contributed by atoms with van der Waals surface area (Å²) in [6, 6.07) is -0.315. The molecule has 3 rings (SSSR count). The maximum Gasteiger partial charge on any atom is 0.407 e. The van der Waals surface area contributed by atoms with Gasteiger partial charge in [0.15, 0.2) is 0 Å². The quantitative estimate of drug-likeness (QED) is 0.0472. The minimum Gasteiger partial charge on any atom is -0.459 e. The fourth-order valence-electron chi connectivity index (χ4n) is 9.57. The zero-order chi connectivity index (χ0) is 44.7. The Hall–Kier alpha value is -4.50. The maximum atomic E-state index is 12.8. The van der Waals surface area contributed by atoms with E-state index in [1.807, 2.05) is 0 Å². The lowest BCUT2D eigenvalue weighted by Crippen LogP contribution is -2.50. The molecule has 0 aromatic heterocycles. The molecule has 3 fully saturated rings. The van der Waals surface area contributed by atoms with Gasteiger partial charge in [-0.2, -0.15) is 0 Å². The number of carbonyl (C=O) groups excluding carboxylic acids is 6. The topological polar surface area (TPSA) is 206 Å². The highest BCUT2D eigenvalue weighted by Crippen LogP contribution is 2.47. The number of amides is 4. The highest BCUT2D eigenvalue weighted by atomic mass is 16.6. The second-order valence-corrected chi connectivity index (χ2v) is 19.7. The number of nitrogens with one attached hydrogen (secondary N) is 4. The van der Waals surface area contributed by atoms with E-state index in [4.69, 9.17) is 28.4 Å². The van der Waals surface area contributed by atoms with E-state index in [0.29, 0.717) is 39.1 Å². The predicted molar refractivity (Wildman–Crippen MR) is 224 cm³/mol. The van der Waals surface area contributed by atoms with Crippen molar-refractivity contribution in [1.29, 1.82) is 0 Å². The molecule has 3 aliphatic rings. The summed E-state index contributed by atoms with van der Waals surface area (Å²) in [5.41, 5.74) is -0.201. The van der Waals surface area contributed by atoms with Crippen molar-refractivity contribution in [1.82, 2.24) is 21.3 Å². The molecule has 16 heteroatoms. The molecule has 0 bridgehead atoms. The SMILES string of the molecule is C=C(C)C(=O)OCCOC(=O)NC1CC(C)(C)CC(C)(CNC(=O)OCC2CCC(COC(=O)NCC3(C)CC(NC(=O)OCCOC(=O)C(=C)C)CC(C)(C)C3)CC2)C1. The second-order valence-electron chi connectivity index (χ2n) is 19.7. The predicted octanol–water partition coefficient (Wildman–Crippen LogP) is 7.11. The van der Waals surface area contributed by atoms with Crippen LogP contribution in [-0.2, 0) is 38.0 Å². The summed E-state index contributed by atoms with van der Waals surface area (Å²) in [7, 11) is 0. The molecular weight excluding hydrogens is 776 g/mol. The summed E-state index contributed by atoms with van der Waals surface area (Å²) in [5.74, 6) is -0.624. The van der Waals surface area contributed by atoms with Gasteiger partial charge in [0.2, 0.25) is 0 Å². The summed E-state index contributed by atoms with van der Waals surface area (Å²) in [4.78, 5) is 73.5. The average molecular weight is 849 g/mol. The molecule has 0 heterocycles. The molecule has 4 unspecified atom stereocenters. The number of hydrogen-bond acceptors (Lipinski definition) is 12. The fraction of sp³-hybridized carbons (Fsp3) is 0.773. The molecule has 0 aromatic carbocycles. The van der Waals surface area contributed by atoms with Gasteiger partial charge >= 0.3 is 36.3 Å². The van der Waals surface area contributed by atoms with Crippen molar-refractivity contribution < 1.29 is 57.2 Å². The van der Waals surface area contributed by atoms with Gasteiger partial charge < -0.3 is 49.7 Å². The van der Waals surface area contributed by atoms with Crippen LogP contribution in [0.3, 0.4) is 0 Å². The van der Waals surface area contributed by atoms with Gasteiger partial charge in [-0.15, -0.1) is 0 Å². The summed E-state index contributed by atoms with van der Waals surface area (Å²) in [6.45, 7) is 24.0. The molecule has 4 amide bonds. The van der Waals surface area contributed by atoms with Gasteiger partial charge in [0.1, 0.15) is 26.4 Å². The van der Waals surface area contributed by atoms with Crippen LogP contribution in [0.2, 0.25) is 0 Å². The van der Waals surface area contributed by atoms with Crippen LogP contribution in [0.25, 0.3) is 0 Å². The number of hydrogen-bond donors (Lipinski definition) is 4. The van der Waals surface area contributed by atoms with E-state index in [0.717, 1.165) is 51.4 Å². The first-order valence-electron chi connectivity index (χ1n) is 21.3. The average Bonchev–Trinajstić information content (AvgIpc) is 3.13. The number of carbonyl (C=O) groups is 6. The zero-order valence-electron chi connectivity index (χ0n) is 37.4. The van der Waals surface area contributed by atoms with Crippen LogP contribution in [0, 0.1) is 33.5 Å². The van der Waals surface area contributed by atoms with E-state index in [-0.39, 0.29) is 83.2 Å². The Labute approximate surface area is 356 Å². The molecular formula is C44H72N4O12. The van der Waals surface area contributed by atoms with Gasteiger partial charge in [0, 0.05) is 36.3 Å². The van der Waals surface area contributed by atoms with Crippen LogP contribution in [-0.4, -0.2) is 101 Å². The Bertz CT molecular complexity index is 1430. The first-order valence-corrected chi connectivity index (χ1v) is 21.3. The van der Waals surface area contributed by atoms with E-state index >= 15 is 0 Å². The van der Waals surface area contributed by atoms with E-state index in [1.165, 1.54) is 0 Å². The van der Waals surface area contributed by atoms with E-state index in [1.54, 1.807) is 13.8 Å². The third kappa shape index (κ3) is 18.4. The van der Waals surface area contributed by atoms with Crippen LogP contribution < -0.4 is 21.3 Å². The van der Waals surface area contributed by atoms with Crippen molar-refractivity contribution in [3.63, 3.8) is 0 Å². The van der Waals surface area contributed by atoms with E-state index in [2.05, 4.69) is 76.0 Å². The number of rotatable bonds is 18. The van der Waals surface area contributed by atoms with Crippen LogP contribution >= 0.6 is 0 Å². The molecule has 0 saturated heterocycles. The molecule has 3 saturated carbocycles. The van der Waals surface area contributed by atoms with E-state index in [9.17, 15) is 28.8 Å². The second kappa shape index (κ2) is 22.4. The third-order valence-electron chi connectivity index (χ3n) is 11.5. The first-order chi connectivity index (χ1) is 28.0. The Morgan fingerprint density at radius 3 is 1.17 bits per heavy atom. The summed E-state index contributed by atoms with van der Waals surface area (Å²) >= 11 is 0. The van der Waals surface area contributed by atoms with Crippen LogP contribution in [0.15, 0.2) is 24.3 Å². The van der Waals surface area contributed by atoms with Crippen molar-refractivity contribution in [2.24, 2.45) is 33.5 Å². The summed E-state index contributed by atoms with van der Waals surface area (Å²) in [5, 5.41) is 11.8. The third-order valence-corrected chi connectivity index (χ3v) is 11.5. The molecule has 4 atom stereocenters. The fourth-order valence-corrected chi connectivity index (χ4v) is 9.57. The van der Waals surface area contributed by atoms with Gasteiger partial charge in [0.05, 0.1) is 13.2 Å². The molecule has 0 aliphatic heterocycles. The highest BCUT2D eigenvalue weighted by molar-refractivity contribution is 5.87. The van der Waals surface area contributed by atoms with Crippen molar-refractivity contribution in [3.8, 4) is 0 Å². The molecule has 3 aliphatic carbocycles. The smallest absolute Gasteiger partial charge is 0.407 e. The van der Waals surface area contributed by atoms with Crippen LogP contribution in [0.1, 0.15) is 120 Å². The minimum absolute atomic E-state index is 0.0558. The summed E-state index contributed by atoms with van der Waals surface area (Å²) < 4.78 is 31.6. The lowest BCUT2D eigenvalue weighted by molar-refractivity contribution is -0.140. The van der Waals surface area contributed by atoms with Gasteiger partial charge in [-0.05, 0) is 112 Å². The monoisotopic (exact) mass is 849 g/mol. The lowest BCUT2D eigenvalue weighted by Gasteiger charge is -2.46. The molecule has 340 valence electrons.